The molecule has 1 aliphatic heterocycles. The maximum Gasteiger partial charge on any atom is 0.222 e. The van der Waals surface area contributed by atoms with Gasteiger partial charge in [0.05, 0.1) is 25.5 Å². The van der Waals surface area contributed by atoms with Gasteiger partial charge in [-0.05, 0) is 33.8 Å². The van der Waals surface area contributed by atoms with Crippen LogP contribution in [0.15, 0.2) is 36.3 Å². The number of allylic oxidation sites excluding steroid dienone is 1. The van der Waals surface area contributed by atoms with Crippen molar-refractivity contribution in [3.63, 3.8) is 0 Å². The molecule has 3 aromatic rings. The lowest BCUT2D eigenvalue weighted by Crippen LogP contribution is -2.15. The van der Waals surface area contributed by atoms with Crippen LogP contribution in [0.1, 0.15) is 66.4 Å². The number of hydrogen-bond acceptors (Lipinski definition) is 9. The number of fused-ring (bicyclic) bond motifs is 6. The van der Waals surface area contributed by atoms with Crippen LogP contribution in [0.3, 0.4) is 0 Å². The van der Waals surface area contributed by atoms with Crippen LogP contribution in [0.5, 0.6) is 11.6 Å². The van der Waals surface area contributed by atoms with Crippen molar-refractivity contribution in [1.29, 1.82) is 5.41 Å². The molecule has 4 heterocycles. The summed E-state index contributed by atoms with van der Waals surface area (Å²) in [6, 6.07) is 3.57. The molecule has 0 amide bonds. The number of aromatic nitrogens is 5. The van der Waals surface area contributed by atoms with E-state index in [1.807, 2.05) is 40.8 Å². The number of hydrogen-bond donors (Lipinski definition) is 2. The van der Waals surface area contributed by atoms with Gasteiger partial charge in [-0.15, -0.1) is 0 Å². The highest BCUT2D eigenvalue weighted by Crippen LogP contribution is 2.33. The van der Waals surface area contributed by atoms with Crippen LogP contribution in [0.4, 0.5) is 11.6 Å². The summed E-state index contributed by atoms with van der Waals surface area (Å²) in [5.74, 6) is 2.92. The minimum Gasteiger partial charge on any atom is -0.493 e. The molecule has 0 aliphatic carbocycles. The van der Waals surface area contributed by atoms with Gasteiger partial charge in [-0.2, -0.15) is 5.10 Å². The lowest BCUT2D eigenvalue weighted by molar-refractivity contribution is 0.229. The van der Waals surface area contributed by atoms with Gasteiger partial charge in [-0.3, -0.25) is 5.41 Å². The van der Waals surface area contributed by atoms with Crippen LogP contribution in [-0.4, -0.2) is 49.9 Å². The zero-order chi connectivity index (χ0) is 27.7. The fourth-order valence-electron chi connectivity index (χ4n) is 3.58. The Labute approximate surface area is 225 Å². The van der Waals surface area contributed by atoms with Crippen molar-refractivity contribution in [2.45, 2.75) is 66.9 Å². The molecule has 0 atom stereocenters. The Bertz CT molecular complexity index is 1260. The highest BCUT2D eigenvalue weighted by atomic mass is 16.5. The molecule has 204 valence electrons. The van der Waals surface area contributed by atoms with Crippen LogP contribution in [0.25, 0.3) is 17.0 Å². The first kappa shape index (κ1) is 28.6. The van der Waals surface area contributed by atoms with Crippen LogP contribution >= 0.6 is 0 Å². The van der Waals surface area contributed by atoms with Gasteiger partial charge in [-0.1, -0.05) is 32.3 Å². The molecule has 0 fully saturated rings. The Kier molecular flexibility index (Phi) is 10.2. The number of pyridine rings is 1. The summed E-state index contributed by atoms with van der Waals surface area (Å²) < 4.78 is 19.5. The SMILES string of the molecule is CC(C)=C(C(=N)OC(C)C)c1cnc2cc1OCCCOc1c(cnn1C)-c1nccc(n1)N2.CCCC. The lowest BCUT2D eigenvalue weighted by Gasteiger charge is -2.19. The molecule has 0 unspecified atom stereocenters. The summed E-state index contributed by atoms with van der Waals surface area (Å²) in [6.45, 7) is 12.9. The summed E-state index contributed by atoms with van der Waals surface area (Å²) >= 11 is 0. The molecular formula is C28H39N7O3. The molecule has 38 heavy (non-hydrogen) atoms. The number of nitrogens with zero attached hydrogens (tertiary/aromatic N) is 5. The zero-order valence-corrected chi connectivity index (χ0v) is 23.5. The van der Waals surface area contributed by atoms with Crippen LogP contribution < -0.4 is 14.8 Å². The summed E-state index contributed by atoms with van der Waals surface area (Å²) in [5.41, 5.74) is 3.00. The van der Waals surface area contributed by atoms with Gasteiger partial charge in [0.2, 0.25) is 11.8 Å². The van der Waals surface area contributed by atoms with Crippen molar-refractivity contribution >= 4 is 23.1 Å². The molecule has 10 heteroatoms. The van der Waals surface area contributed by atoms with Crippen molar-refractivity contribution in [2.75, 3.05) is 18.5 Å². The first-order valence-electron chi connectivity index (χ1n) is 13.1. The Morgan fingerprint density at radius 3 is 2.53 bits per heavy atom. The molecule has 0 aromatic carbocycles. The predicted octanol–water partition coefficient (Wildman–Crippen LogP) is 6.18. The highest BCUT2D eigenvalue weighted by Gasteiger charge is 2.20. The van der Waals surface area contributed by atoms with Gasteiger partial charge in [0, 0.05) is 43.1 Å². The fourth-order valence-corrected chi connectivity index (χ4v) is 3.58. The van der Waals surface area contributed by atoms with E-state index in [1.54, 1.807) is 29.3 Å². The number of aryl methyl sites for hydroxylation is 1. The van der Waals surface area contributed by atoms with Crippen molar-refractivity contribution in [3.8, 4) is 23.0 Å². The number of unbranched alkanes of at least 4 members (excludes halogenated alkanes) is 1. The molecule has 0 spiro atoms. The monoisotopic (exact) mass is 521 g/mol. The summed E-state index contributed by atoms with van der Waals surface area (Å²) in [4.78, 5) is 13.6. The number of ether oxygens (including phenoxy) is 3. The van der Waals surface area contributed by atoms with Crippen molar-refractivity contribution in [1.82, 2.24) is 24.7 Å². The number of anilines is 2. The van der Waals surface area contributed by atoms with E-state index in [4.69, 9.17) is 19.6 Å². The van der Waals surface area contributed by atoms with Crippen LogP contribution in [0.2, 0.25) is 0 Å². The van der Waals surface area contributed by atoms with Gasteiger partial charge >= 0.3 is 0 Å². The Hall–Kier alpha value is -3.95. The van der Waals surface area contributed by atoms with Crippen molar-refractivity contribution in [3.05, 3.63) is 41.9 Å². The lowest BCUT2D eigenvalue weighted by atomic mass is 10.0. The molecule has 0 saturated carbocycles. The summed E-state index contributed by atoms with van der Waals surface area (Å²) in [6.07, 6.45) is 8.22. The van der Waals surface area contributed by atoms with E-state index in [-0.39, 0.29) is 12.0 Å². The topological polar surface area (TPSA) is 120 Å². The Morgan fingerprint density at radius 2 is 1.84 bits per heavy atom. The third-order valence-electron chi connectivity index (χ3n) is 5.54. The average Bonchev–Trinajstić information content (AvgIpc) is 3.24. The smallest absolute Gasteiger partial charge is 0.222 e. The van der Waals surface area contributed by atoms with Gasteiger partial charge in [0.15, 0.2) is 5.82 Å². The molecule has 3 aromatic heterocycles. The molecule has 0 saturated heterocycles. The molecule has 4 bridgehead atoms. The van der Waals surface area contributed by atoms with E-state index in [1.165, 1.54) is 12.8 Å². The van der Waals surface area contributed by atoms with Crippen LogP contribution in [-0.2, 0) is 11.8 Å². The second-order valence-electron chi connectivity index (χ2n) is 9.36. The third kappa shape index (κ3) is 7.30. The number of rotatable bonds is 4. The van der Waals surface area contributed by atoms with E-state index in [2.05, 4.69) is 39.2 Å². The van der Waals surface area contributed by atoms with Gasteiger partial charge in [0.25, 0.3) is 0 Å². The molecule has 0 radical (unpaired) electrons. The van der Waals surface area contributed by atoms with Gasteiger partial charge < -0.3 is 19.5 Å². The van der Waals surface area contributed by atoms with Crippen LogP contribution in [0, 0.1) is 5.41 Å². The number of nitrogens with one attached hydrogen (secondary N) is 2. The molecule has 1 aliphatic rings. The second kappa shape index (κ2) is 13.6. The zero-order valence-electron chi connectivity index (χ0n) is 23.5. The maximum atomic E-state index is 8.50. The largest absolute Gasteiger partial charge is 0.493 e. The minimum absolute atomic E-state index is 0.0873. The highest BCUT2D eigenvalue weighted by molar-refractivity contribution is 6.19. The minimum atomic E-state index is -0.119. The first-order valence-corrected chi connectivity index (χ1v) is 13.1. The van der Waals surface area contributed by atoms with E-state index >= 15 is 0 Å². The second-order valence-corrected chi connectivity index (χ2v) is 9.36. The third-order valence-corrected chi connectivity index (χ3v) is 5.54. The summed E-state index contributed by atoms with van der Waals surface area (Å²) in [7, 11) is 1.82. The standard InChI is InChI=1S/C24H29N7O3.C4H10/c1-14(2)21(22(25)34-15(3)4)16-12-27-20-11-18(16)32-9-6-10-33-24-17(13-28-31(24)5)23-26-8-7-19(29-20)30-23;1-3-4-2/h7-8,11-13,15,25H,6,9-10H2,1-5H3,(H,26,27,29,30);3-4H2,1-2H3. The predicted molar refractivity (Wildman–Crippen MR) is 150 cm³/mol. The van der Waals surface area contributed by atoms with E-state index in [0.29, 0.717) is 65.4 Å². The Morgan fingerprint density at radius 1 is 1.11 bits per heavy atom. The quantitative estimate of drug-likeness (QED) is 0.308. The fraction of sp³-hybridized carbons (Fsp3) is 0.464. The molecule has 2 N–H and O–H groups in total. The molecule has 4 rings (SSSR count). The first-order chi connectivity index (χ1) is 18.2. The maximum absolute atomic E-state index is 8.50. The Balaban J connectivity index is 0.000000934. The molecular weight excluding hydrogens is 482 g/mol. The van der Waals surface area contributed by atoms with E-state index < -0.39 is 0 Å². The molecule has 10 nitrogen and oxygen atoms in total. The van der Waals surface area contributed by atoms with E-state index in [9.17, 15) is 0 Å². The van der Waals surface area contributed by atoms with Gasteiger partial charge in [0.1, 0.15) is 22.9 Å². The van der Waals surface area contributed by atoms with Gasteiger partial charge in [-0.25, -0.2) is 19.6 Å². The van der Waals surface area contributed by atoms with Crippen molar-refractivity contribution < 1.29 is 14.2 Å². The summed E-state index contributed by atoms with van der Waals surface area (Å²) in [5, 5.41) is 16.0. The van der Waals surface area contributed by atoms with Crippen molar-refractivity contribution in [2.24, 2.45) is 7.05 Å². The normalized spacial score (nSPS) is 12.4. The average molecular weight is 522 g/mol. The van der Waals surface area contributed by atoms with E-state index in [0.717, 1.165) is 5.57 Å².